The van der Waals surface area contributed by atoms with Crippen LogP contribution in [0.3, 0.4) is 0 Å². The van der Waals surface area contributed by atoms with Gasteiger partial charge in [0.25, 0.3) is 0 Å². The molecular weight excluding hydrogens is 362 g/mol. The van der Waals surface area contributed by atoms with Crippen molar-refractivity contribution >= 4 is 17.9 Å². The molecule has 29 heavy (non-hydrogen) atoms. The molecule has 2 amide bonds. The van der Waals surface area contributed by atoms with Crippen LogP contribution in [0.2, 0.25) is 0 Å². The number of nitrogens with one attached hydrogen (secondary N) is 1. The summed E-state index contributed by atoms with van der Waals surface area (Å²) in [5.74, 6) is -0.0783. The maximum Gasteiger partial charge on any atom is 0.246 e. The maximum atomic E-state index is 12.6. The van der Waals surface area contributed by atoms with Gasteiger partial charge in [-0.2, -0.15) is 5.26 Å². The highest BCUT2D eigenvalue weighted by Crippen LogP contribution is 2.20. The van der Waals surface area contributed by atoms with Gasteiger partial charge in [0.15, 0.2) is 0 Å². The molecule has 5 nitrogen and oxygen atoms in total. The Labute approximate surface area is 171 Å². The summed E-state index contributed by atoms with van der Waals surface area (Å²) in [6.07, 6.45) is 4.75. The molecule has 0 aromatic heterocycles. The van der Waals surface area contributed by atoms with E-state index in [2.05, 4.69) is 11.4 Å². The van der Waals surface area contributed by atoms with Gasteiger partial charge >= 0.3 is 0 Å². The fourth-order valence-corrected chi connectivity index (χ4v) is 3.46. The number of rotatable bonds is 5. The Hall–Kier alpha value is -3.39. The van der Waals surface area contributed by atoms with Crippen LogP contribution < -0.4 is 5.32 Å². The molecule has 148 valence electrons. The Morgan fingerprint density at radius 3 is 2.38 bits per heavy atom. The van der Waals surface area contributed by atoms with Gasteiger partial charge in [-0.1, -0.05) is 42.5 Å². The first-order valence-corrected chi connectivity index (χ1v) is 9.89. The summed E-state index contributed by atoms with van der Waals surface area (Å²) in [6.45, 7) is 3.11. The van der Waals surface area contributed by atoms with E-state index in [0.29, 0.717) is 31.5 Å². The van der Waals surface area contributed by atoms with E-state index in [9.17, 15) is 9.59 Å². The lowest BCUT2D eigenvalue weighted by atomic mass is 9.95. The summed E-state index contributed by atoms with van der Waals surface area (Å²) in [5, 5.41) is 11.9. The number of piperidine rings is 1. The van der Waals surface area contributed by atoms with E-state index in [-0.39, 0.29) is 23.8 Å². The molecule has 0 aliphatic carbocycles. The molecule has 2 aromatic rings. The van der Waals surface area contributed by atoms with Gasteiger partial charge in [0.2, 0.25) is 11.8 Å². The van der Waals surface area contributed by atoms with E-state index in [1.54, 1.807) is 23.1 Å². The summed E-state index contributed by atoms with van der Waals surface area (Å²) in [5.41, 5.74) is 2.56. The monoisotopic (exact) mass is 387 g/mol. The maximum absolute atomic E-state index is 12.6. The third-order valence-electron chi connectivity index (χ3n) is 5.29. The zero-order chi connectivity index (χ0) is 20.6. The van der Waals surface area contributed by atoms with Gasteiger partial charge in [-0.3, -0.25) is 9.59 Å². The Balaban J connectivity index is 1.48. The highest BCUT2D eigenvalue weighted by molar-refractivity contribution is 5.92. The molecule has 0 radical (unpaired) electrons. The molecule has 1 atom stereocenters. The minimum atomic E-state index is -0.122. The number of carbonyl (C=O) groups excluding carboxylic acids is 2. The fourth-order valence-electron chi connectivity index (χ4n) is 3.46. The molecule has 2 aromatic carbocycles. The number of benzene rings is 2. The van der Waals surface area contributed by atoms with Crippen molar-refractivity contribution in [2.24, 2.45) is 5.92 Å². The molecule has 1 N–H and O–H groups in total. The van der Waals surface area contributed by atoms with Crippen molar-refractivity contribution in [2.75, 3.05) is 13.1 Å². The highest BCUT2D eigenvalue weighted by Gasteiger charge is 2.27. The number of amides is 2. The SMILES string of the molecule is CC(NC(=O)C1CCN(C(=O)/C=C/c2ccccc2)CC1)c1ccc(C#N)cc1. The molecular formula is C24H25N3O2. The number of nitriles is 1. The van der Waals surface area contributed by atoms with Gasteiger partial charge in [0.1, 0.15) is 0 Å². The first-order chi connectivity index (χ1) is 14.1. The summed E-state index contributed by atoms with van der Waals surface area (Å²) in [6, 6.07) is 18.9. The van der Waals surface area contributed by atoms with Crippen molar-refractivity contribution in [3.63, 3.8) is 0 Å². The predicted octanol–water partition coefficient (Wildman–Crippen LogP) is 3.69. The zero-order valence-electron chi connectivity index (χ0n) is 16.5. The van der Waals surface area contributed by atoms with Gasteiger partial charge in [-0.05, 0) is 49.1 Å². The van der Waals surface area contributed by atoms with Gasteiger partial charge in [-0.25, -0.2) is 0 Å². The van der Waals surface area contributed by atoms with Crippen molar-refractivity contribution in [3.05, 3.63) is 77.4 Å². The topological polar surface area (TPSA) is 73.2 Å². The summed E-state index contributed by atoms with van der Waals surface area (Å²) >= 11 is 0. The fraction of sp³-hybridized carbons (Fsp3) is 0.292. The Morgan fingerprint density at radius 2 is 1.76 bits per heavy atom. The van der Waals surface area contributed by atoms with E-state index in [4.69, 9.17) is 5.26 Å². The van der Waals surface area contributed by atoms with E-state index in [1.807, 2.05) is 55.5 Å². The molecule has 3 rings (SSSR count). The molecule has 1 aliphatic rings. The molecule has 1 heterocycles. The van der Waals surface area contributed by atoms with Gasteiger partial charge < -0.3 is 10.2 Å². The number of likely N-dealkylation sites (tertiary alicyclic amines) is 1. The van der Waals surface area contributed by atoms with Crippen LogP contribution in [0.4, 0.5) is 0 Å². The molecule has 1 saturated heterocycles. The summed E-state index contributed by atoms with van der Waals surface area (Å²) in [7, 11) is 0. The van der Waals surface area contributed by atoms with Crippen molar-refractivity contribution in [1.82, 2.24) is 10.2 Å². The van der Waals surface area contributed by atoms with Gasteiger partial charge in [-0.15, -0.1) is 0 Å². The summed E-state index contributed by atoms with van der Waals surface area (Å²) < 4.78 is 0. The Kier molecular flexibility index (Phi) is 6.80. The average Bonchev–Trinajstić information content (AvgIpc) is 2.78. The first-order valence-electron chi connectivity index (χ1n) is 9.89. The van der Waals surface area contributed by atoms with Crippen molar-refractivity contribution < 1.29 is 9.59 Å². The quantitative estimate of drug-likeness (QED) is 0.795. The molecule has 0 saturated carbocycles. The van der Waals surface area contributed by atoms with Crippen LogP contribution in [-0.2, 0) is 9.59 Å². The molecule has 1 aliphatic heterocycles. The third kappa shape index (κ3) is 5.55. The standard InChI is InChI=1S/C24H25N3O2/c1-18(21-10-7-20(17-25)8-11-21)26-24(29)22-13-15-27(16-14-22)23(28)12-9-19-5-3-2-4-6-19/h2-12,18,22H,13-16H2,1H3,(H,26,29)/b12-9+. The van der Waals surface area contributed by atoms with E-state index in [0.717, 1.165) is 11.1 Å². The van der Waals surface area contributed by atoms with Crippen LogP contribution in [0.5, 0.6) is 0 Å². The second kappa shape index (κ2) is 9.70. The number of carbonyl (C=O) groups is 2. The minimum absolute atomic E-state index is 0.0151. The third-order valence-corrected chi connectivity index (χ3v) is 5.29. The lowest BCUT2D eigenvalue weighted by molar-refractivity contribution is -0.132. The largest absolute Gasteiger partial charge is 0.349 e. The van der Waals surface area contributed by atoms with Crippen LogP contribution in [-0.4, -0.2) is 29.8 Å². The zero-order valence-corrected chi connectivity index (χ0v) is 16.5. The second-order valence-electron chi connectivity index (χ2n) is 7.31. The van der Waals surface area contributed by atoms with Crippen LogP contribution in [0.15, 0.2) is 60.7 Å². The predicted molar refractivity (Wildman–Crippen MR) is 112 cm³/mol. The lowest BCUT2D eigenvalue weighted by Gasteiger charge is -2.31. The Morgan fingerprint density at radius 1 is 1.10 bits per heavy atom. The normalized spacial score (nSPS) is 15.7. The van der Waals surface area contributed by atoms with Crippen molar-refractivity contribution in [2.45, 2.75) is 25.8 Å². The average molecular weight is 387 g/mol. The smallest absolute Gasteiger partial charge is 0.246 e. The number of hydrogen-bond donors (Lipinski definition) is 1. The van der Waals surface area contributed by atoms with Crippen LogP contribution >= 0.6 is 0 Å². The molecule has 0 bridgehead atoms. The van der Waals surface area contributed by atoms with E-state index < -0.39 is 0 Å². The van der Waals surface area contributed by atoms with Crippen LogP contribution in [0, 0.1) is 17.2 Å². The minimum Gasteiger partial charge on any atom is -0.349 e. The van der Waals surface area contributed by atoms with Gasteiger partial charge in [0.05, 0.1) is 17.7 Å². The Bertz CT molecular complexity index is 905. The summed E-state index contributed by atoms with van der Waals surface area (Å²) in [4.78, 5) is 26.8. The second-order valence-corrected chi connectivity index (χ2v) is 7.31. The van der Waals surface area contributed by atoms with Crippen molar-refractivity contribution in [1.29, 1.82) is 5.26 Å². The van der Waals surface area contributed by atoms with Gasteiger partial charge in [0, 0.05) is 25.1 Å². The van der Waals surface area contributed by atoms with Crippen LogP contribution in [0.1, 0.15) is 42.5 Å². The van der Waals surface area contributed by atoms with E-state index in [1.165, 1.54) is 0 Å². The lowest BCUT2D eigenvalue weighted by Crippen LogP contribution is -2.43. The molecule has 5 heteroatoms. The number of nitrogens with zero attached hydrogens (tertiary/aromatic N) is 2. The van der Waals surface area contributed by atoms with Crippen molar-refractivity contribution in [3.8, 4) is 6.07 Å². The first kappa shape index (κ1) is 20.3. The highest BCUT2D eigenvalue weighted by atomic mass is 16.2. The van der Waals surface area contributed by atoms with Crippen LogP contribution in [0.25, 0.3) is 6.08 Å². The molecule has 1 unspecified atom stereocenters. The molecule has 0 spiro atoms. The number of hydrogen-bond acceptors (Lipinski definition) is 3. The van der Waals surface area contributed by atoms with E-state index >= 15 is 0 Å². The molecule has 1 fully saturated rings.